The first-order chi connectivity index (χ1) is 11.1. The second-order valence-electron chi connectivity index (χ2n) is 7.39. The van der Waals surface area contributed by atoms with Crippen LogP contribution in [0.15, 0.2) is 41.5 Å². The fraction of sp³-hybridized carbons (Fsp3) is 0.600. The number of benzene rings is 1. The maximum absolute atomic E-state index is 4.17. The third-order valence-electron chi connectivity index (χ3n) is 6.48. The summed E-state index contributed by atoms with van der Waals surface area (Å²) in [5, 5.41) is 0. The van der Waals surface area contributed by atoms with Crippen LogP contribution in [0.1, 0.15) is 34.1 Å². The molecule has 0 saturated carbocycles. The minimum Gasteiger partial charge on any atom is -0.367 e. The Kier molecular flexibility index (Phi) is 4.98. The van der Waals surface area contributed by atoms with Gasteiger partial charge in [0, 0.05) is 30.7 Å². The number of nitrogens with zero attached hydrogens (tertiary/aromatic N) is 1. The number of hydrogen-bond acceptors (Lipinski definition) is 2. The average Bonchev–Trinajstić information content (AvgIpc) is 3.14. The predicted octanol–water partition coefficient (Wildman–Crippen LogP) is 4.81. The zero-order chi connectivity index (χ0) is 16.4. The highest BCUT2D eigenvalue weighted by Crippen LogP contribution is 2.40. The van der Waals surface area contributed by atoms with Gasteiger partial charge in [0.15, 0.2) is 0 Å². The Morgan fingerprint density at radius 2 is 1.74 bits per heavy atom. The van der Waals surface area contributed by atoms with Gasteiger partial charge in [0.2, 0.25) is 0 Å². The van der Waals surface area contributed by atoms with Crippen LogP contribution in [-0.4, -0.2) is 27.4 Å². The molecule has 0 aromatic heterocycles. The molecule has 1 fully saturated rings. The molecule has 1 aromatic rings. The number of fused-ring (bicyclic) bond motifs is 1. The molecule has 126 valence electrons. The van der Waals surface area contributed by atoms with Gasteiger partial charge in [0.25, 0.3) is 0 Å². The van der Waals surface area contributed by atoms with E-state index in [0.717, 1.165) is 12.5 Å². The van der Waals surface area contributed by atoms with Gasteiger partial charge in [-0.15, -0.1) is 0 Å². The Balaban J connectivity index is 1.73. The Bertz CT molecular complexity index is 554. The molecule has 1 saturated heterocycles. The van der Waals surface area contributed by atoms with Gasteiger partial charge < -0.3 is 9.88 Å². The van der Waals surface area contributed by atoms with Crippen LogP contribution in [0.5, 0.6) is 0 Å². The van der Waals surface area contributed by atoms with Crippen LogP contribution in [0, 0.1) is 5.92 Å². The first kappa shape index (κ1) is 16.8. The summed E-state index contributed by atoms with van der Waals surface area (Å²) in [4.78, 5) is 6.73. The van der Waals surface area contributed by atoms with E-state index in [9.17, 15) is 0 Å². The highest BCUT2D eigenvalue weighted by Gasteiger charge is 2.40. The van der Waals surface area contributed by atoms with E-state index >= 15 is 0 Å². The standard InChI is InChI=1S/C20H32N2Si/c1-5-23(6-2,7-3)21-20-13-17-14-22(15-19(17)16(20)4)18-11-9-8-10-12-18/h8-12,17,20-21H,5-7,13-15H2,1-4H3. The topological polar surface area (TPSA) is 15.3 Å². The zero-order valence-electron chi connectivity index (χ0n) is 15.2. The Labute approximate surface area is 143 Å². The van der Waals surface area contributed by atoms with Crippen molar-refractivity contribution in [3.8, 4) is 0 Å². The maximum atomic E-state index is 4.17. The highest BCUT2D eigenvalue weighted by atomic mass is 28.3. The van der Waals surface area contributed by atoms with Gasteiger partial charge in [-0.05, 0) is 49.2 Å². The number of hydrogen-bond donors (Lipinski definition) is 1. The van der Waals surface area contributed by atoms with Crippen molar-refractivity contribution >= 4 is 13.9 Å². The molecule has 3 rings (SSSR count). The van der Waals surface area contributed by atoms with E-state index in [4.69, 9.17) is 0 Å². The molecule has 0 radical (unpaired) electrons. The van der Waals surface area contributed by atoms with Crippen molar-refractivity contribution in [2.75, 3.05) is 18.0 Å². The summed E-state index contributed by atoms with van der Waals surface area (Å²) in [7, 11) is -1.25. The first-order valence-electron chi connectivity index (χ1n) is 9.39. The van der Waals surface area contributed by atoms with Crippen molar-refractivity contribution in [2.24, 2.45) is 5.92 Å². The molecule has 2 unspecified atom stereocenters. The van der Waals surface area contributed by atoms with Gasteiger partial charge in [-0.25, -0.2) is 0 Å². The predicted molar refractivity (Wildman–Crippen MR) is 104 cm³/mol. The van der Waals surface area contributed by atoms with Crippen LogP contribution >= 0.6 is 0 Å². The number of nitrogens with one attached hydrogen (secondary N) is 1. The summed E-state index contributed by atoms with van der Waals surface area (Å²) < 4.78 is 0. The van der Waals surface area contributed by atoms with Crippen molar-refractivity contribution in [2.45, 2.75) is 58.3 Å². The van der Waals surface area contributed by atoms with Gasteiger partial charge in [0.1, 0.15) is 8.24 Å². The van der Waals surface area contributed by atoms with E-state index < -0.39 is 8.24 Å². The first-order valence-corrected chi connectivity index (χ1v) is 12.0. The Morgan fingerprint density at radius 1 is 1.09 bits per heavy atom. The molecule has 1 aliphatic carbocycles. The van der Waals surface area contributed by atoms with Crippen LogP contribution in [0.2, 0.25) is 18.1 Å². The average molecular weight is 329 g/mol. The maximum Gasteiger partial charge on any atom is 0.125 e. The third kappa shape index (κ3) is 3.14. The zero-order valence-corrected chi connectivity index (χ0v) is 16.2. The fourth-order valence-electron chi connectivity index (χ4n) is 4.55. The summed E-state index contributed by atoms with van der Waals surface area (Å²) in [6.07, 6.45) is 1.32. The molecule has 1 aliphatic heterocycles. The molecular formula is C20H32N2Si. The number of anilines is 1. The van der Waals surface area contributed by atoms with Crippen LogP contribution in [0.4, 0.5) is 5.69 Å². The normalized spacial score (nSPS) is 24.4. The smallest absolute Gasteiger partial charge is 0.125 e. The van der Waals surface area contributed by atoms with Gasteiger partial charge >= 0.3 is 0 Å². The van der Waals surface area contributed by atoms with E-state index in [0.29, 0.717) is 6.04 Å². The molecule has 0 amide bonds. The summed E-state index contributed by atoms with van der Waals surface area (Å²) in [6.45, 7) is 11.9. The van der Waals surface area contributed by atoms with E-state index in [1.54, 1.807) is 11.1 Å². The highest BCUT2D eigenvalue weighted by molar-refractivity contribution is 6.77. The lowest BCUT2D eigenvalue weighted by atomic mass is 10.1. The monoisotopic (exact) mass is 328 g/mol. The van der Waals surface area contributed by atoms with Crippen LogP contribution < -0.4 is 9.88 Å². The van der Waals surface area contributed by atoms with E-state index in [-0.39, 0.29) is 0 Å². The lowest BCUT2D eigenvalue weighted by Crippen LogP contribution is -2.53. The van der Waals surface area contributed by atoms with Crippen LogP contribution in [0.25, 0.3) is 0 Å². The van der Waals surface area contributed by atoms with Gasteiger partial charge in [-0.3, -0.25) is 0 Å². The molecule has 0 spiro atoms. The second-order valence-corrected chi connectivity index (χ2v) is 12.4. The molecule has 2 nitrogen and oxygen atoms in total. The molecule has 1 N–H and O–H groups in total. The minimum absolute atomic E-state index is 0.652. The lowest BCUT2D eigenvalue weighted by molar-refractivity contribution is 0.568. The van der Waals surface area contributed by atoms with Crippen molar-refractivity contribution in [3.05, 3.63) is 41.5 Å². The van der Waals surface area contributed by atoms with Crippen molar-refractivity contribution in [1.29, 1.82) is 0 Å². The molecule has 0 bridgehead atoms. The van der Waals surface area contributed by atoms with Gasteiger partial charge in [-0.1, -0.05) is 44.5 Å². The number of rotatable bonds is 6. The third-order valence-corrected chi connectivity index (χ3v) is 11.5. The Hall–Kier alpha value is -1.06. The molecule has 23 heavy (non-hydrogen) atoms. The summed E-state index contributed by atoms with van der Waals surface area (Å²) in [5.74, 6) is 0.768. The minimum atomic E-state index is -1.25. The molecule has 3 heteroatoms. The van der Waals surface area contributed by atoms with E-state index in [1.807, 2.05) is 0 Å². The fourth-order valence-corrected chi connectivity index (χ4v) is 7.74. The van der Waals surface area contributed by atoms with Gasteiger partial charge in [-0.2, -0.15) is 0 Å². The van der Waals surface area contributed by atoms with Crippen molar-refractivity contribution in [3.63, 3.8) is 0 Å². The summed E-state index contributed by atoms with van der Waals surface area (Å²) in [5.41, 5.74) is 4.75. The lowest BCUT2D eigenvalue weighted by Gasteiger charge is -2.34. The quantitative estimate of drug-likeness (QED) is 0.596. The SMILES string of the molecule is CC[Si](CC)(CC)NC1CC2CN(c3ccccc3)CC2=C1C. The van der Waals surface area contributed by atoms with Crippen molar-refractivity contribution in [1.82, 2.24) is 4.98 Å². The van der Waals surface area contributed by atoms with Crippen molar-refractivity contribution < 1.29 is 0 Å². The van der Waals surface area contributed by atoms with Crippen LogP contribution in [0.3, 0.4) is 0 Å². The molecule has 2 atom stereocenters. The molecule has 2 aliphatic rings. The summed E-state index contributed by atoms with van der Waals surface area (Å²) >= 11 is 0. The van der Waals surface area contributed by atoms with Gasteiger partial charge in [0.05, 0.1) is 0 Å². The Morgan fingerprint density at radius 3 is 2.30 bits per heavy atom. The summed E-state index contributed by atoms with van der Waals surface area (Å²) in [6, 6.07) is 15.6. The molecular weight excluding hydrogens is 296 g/mol. The van der Waals surface area contributed by atoms with E-state index in [2.05, 4.69) is 67.9 Å². The largest absolute Gasteiger partial charge is 0.367 e. The van der Waals surface area contributed by atoms with Crippen LogP contribution in [-0.2, 0) is 0 Å². The molecule has 1 aromatic carbocycles. The van der Waals surface area contributed by atoms with E-state index in [1.165, 1.54) is 36.8 Å². The molecule has 1 heterocycles. The number of para-hydroxylation sites is 1. The second kappa shape index (κ2) is 6.82.